The Kier molecular flexibility index (Phi) is 3.07. The van der Waals surface area contributed by atoms with Gasteiger partial charge in [0.05, 0.1) is 6.54 Å². The molecule has 0 saturated carbocycles. The fourth-order valence-electron chi connectivity index (χ4n) is 1.28. The van der Waals surface area contributed by atoms with Gasteiger partial charge in [0, 0.05) is 18.8 Å². The maximum absolute atomic E-state index is 12.5. The quantitative estimate of drug-likeness (QED) is 0.605. The highest BCUT2D eigenvalue weighted by Gasteiger charge is 2.37. The molecule has 1 saturated heterocycles. The molecule has 0 atom stereocenters. The summed E-state index contributed by atoms with van der Waals surface area (Å²) in [6.07, 6.45) is 0.812. The molecule has 0 spiro atoms. The van der Waals surface area contributed by atoms with E-state index in [0.717, 1.165) is 6.42 Å². The van der Waals surface area contributed by atoms with E-state index in [0.29, 0.717) is 19.0 Å². The lowest BCUT2D eigenvalue weighted by atomic mass is 10.3. The summed E-state index contributed by atoms with van der Waals surface area (Å²) in [6.45, 7) is 1.15. The Morgan fingerprint density at radius 3 is 2.64 bits per heavy atom. The zero-order valence-electron chi connectivity index (χ0n) is 6.32. The van der Waals surface area contributed by atoms with E-state index < -0.39 is 5.92 Å². The molecule has 1 aliphatic rings. The van der Waals surface area contributed by atoms with Gasteiger partial charge in [-0.15, -0.1) is 11.6 Å². The van der Waals surface area contributed by atoms with E-state index in [-0.39, 0.29) is 13.0 Å². The second-order valence-corrected chi connectivity index (χ2v) is 3.30. The number of hydrogen-bond acceptors (Lipinski definition) is 1. The molecular formula is C7H12ClF2N. The predicted octanol–water partition coefficient (Wildman–Crippen LogP) is 1.96. The van der Waals surface area contributed by atoms with Crippen LogP contribution in [0.4, 0.5) is 8.78 Å². The van der Waals surface area contributed by atoms with Crippen molar-refractivity contribution in [3.05, 3.63) is 0 Å². The molecule has 4 heteroatoms. The van der Waals surface area contributed by atoms with Gasteiger partial charge in [-0.25, -0.2) is 8.78 Å². The van der Waals surface area contributed by atoms with Crippen LogP contribution >= 0.6 is 11.6 Å². The second-order valence-electron chi connectivity index (χ2n) is 2.92. The first-order valence-electron chi connectivity index (χ1n) is 3.80. The number of likely N-dealkylation sites (tertiary alicyclic amines) is 1. The second kappa shape index (κ2) is 3.68. The maximum atomic E-state index is 12.5. The van der Waals surface area contributed by atoms with Crippen LogP contribution in [0.2, 0.25) is 0 Å². The van der Waals surface area contributed by atoms with Crippen molar-refractivity contribution in [1.29, 1.82) is 0 Å². The number of hydrogen-bond donors (Lipinski definition) is 0. The van der Waals surface area contributed by atoms with Gasteiger partial charge in [0.15, 0.2) is 0 Å². The van der Waals surface area contributed by atoms with Crippen LogP contribution in [0, 0.1) is 0 Å². The molecule has 0 aromatic heterocycles. The Bertz CT molecular complexity index is 130. The van der Waals surface area contributed by atoms with E-state index in [4.69, 9.17) is 11.6 Å². The molecule has 0 aliphatic carbocycles. The van der Waals surface area contributed by atoms with Crippen molar-refractivity contribution in [1.82, 2.24) is 4.90 Å². The van der Waals surface area contributed by atoms with Gasteiger partial charge in [-0.2, -0.15) is 0 Å². The van der Waals surface area contributed by atoms with Crippen molar-refractivity contribution < 1.29 is 8.78 Å². The lowest BCUT2D eigenvalue weighted by Gasteiger charge is -2.13. The first-order valence-corrected chi connectivity index (χ1v) is 4.34. The molecule has 0 N–H and O–H groups in total. The number of rotatable bonds is 3. The zero-order chi connectivity index (χ0) is 8.32. The third kappa shape index (κ3) is 2.91. The van der Waals surface area contributed by atoms with Gasteiger partial charge >= 0.3 is 0 Å². The molecule has 1 fully saturated rings. The van der Waals surface area contributed by atoms with Gasteiger partial charge < -0.3 is 0 Å². The molecule has 0 aromatic carbocycles. The molecule has 0 aromatic rings. The standard InChI is InChI=1S/C7H12ClF2N/c8-3-1-4-11-5-2-7(9,10)6-11/h1-6H2. The topological polar surface area (TPSA) is 3.24 Å². The Morgan fingerprint density at radius 1 is 1.45 bits per heavy atom. The van der Waals surface area contributed by atoms with Crippen molar-refractivity contribution >= 4 is 11.6 Å². The Labute approximate surface area is 70.3 Å². The first-order chi connectivity index (χ1) is 5.14. The maximum Gasteiger partial charge on any atom is 0.261 e. The Morgan fingerprint density at radius 2 is 2.18 bits per heavy atom. The minimum Gasteiger partial charge on any atom is -0.297 e. The van der Waals surface area contributed by atoms with Crippen molar-refractivity contribution in [2.75, 3.05) is 25.5 Å². The third-order valence-electron chi connectivity index (χ3n) is 1.86. The molecule has 0 bridgehead atoms. The van der Waals surface area contributed by atoms with Crippen LogP contribution in [0.1, 0.15) is 12.8 Å². The lowest BCUT2D eigenvalue weighted by Crippen LogP contribution is -2.26. The molecule has 1 heterocycles. The summed E-state index contributed by atoms with van der Waals surface area (Å²) in [7, 11) is 0. The molecule has 0 amide bonds. The van der Waals surface area contributed by atoms with E-state index in [1.54, 1.807) is 4.90 Å². The van der Waals surface area contributed by atoms with Crippen molar-refractivity contribution in [2.45, 2.75) is 18.8 Å². The summed E-state index contributed by atoms with van der Waals surface area (Å²) < 4.78 is 25.1. The smallest absolute Gasteiger partial charge is 0.261 e. The highest BCUT2D eigenvalue weighted by molar-refractivity contribution is 6.17. The summed E-state index contributed by atoms with van der Waals surface area (Å²) >= 11 is 5.44. The SMILES string of the molecule is FC1(F)CCN(CCCCl)C1. The number of halogens is 3. The largest absolute Gasteiger partial charge is 0.297 e. The molecule has 0 unspecified atom stereocenters. The summed E-state index contributed by atoms with van der Waals surface area (Å²) in [4.78, 5) is 1.77. The van der Waals surface area contributed by atoms with Crippen LogP contribution in [-0.4, -0.2) is 36.3 Å². The highest BCUT2D eigenvalue weighted by Crippen LogP contribution is 2.26. The molecular weight excluding hydrogens is 172 g/mol. The predicted molar refractivity (Wildman–Crippen MR) is 41.3 cm³/mol. The molecule has 1 nitrogen and oxygen atoms in total. The van der Waals surface area contributed by atoms with Crippen LogP contribution in [0.25, 0.3) is 0 Å². The van der Waals surface area contributed by atoms with Gasteiger partial charge in [-0.3, -0.25) is 4.90 Å². The highest BCUT2D eigenvalue weighted by atomic mass is 35.5. The van der Waals surface area contributed by atoms with Crippen molar-refractivity contribution in [3.8, 4) is 0 Å². The van der Waals surface area contributed by atoms with E-state index >= 15 is 0 Å². The third-order valence-corrected chi connectivity index (χ3v) is 2.12. The normalized spacial score (nSPS) is 24.3. The van der Waals surface area contributed by atoms with Crippen molar-refractivity contribution in [3.63, 3.8) is 0 Å². The summed E-state index contributed by atoms with van der Waals surface area (Å²) in [5, 5.41) is 0. The van der Waals surface area contributed by atoms with Gasteiger partial charge in [0.1, 0.15) is 0 Å². The lowest BCUT2D eigenvalue weighted by molar-refractivity contribution is 0.0123. The van der Waals surface area contributed by atoms with Crippen LogP contribution in [0.15, 0.2) is 0 Å². The van der Waals surface area contributed by atoms with Gasteiger partial charge in [-0.05, 0) is 13.0 Å². The molecule has 0 radical (unpaired) electrons. The monoisotopic (exact) mass is 183 g/mol. The van der Waals surface area contributed by atoms with Crippen LogP contribution < -0.4 is 0 Å². The average molecular weight is 184 g/mol. The van der Waals surface area contributed by atoms with Crippen LogP contribution in [0.3, 0.4) is 0 Å². The molecule has 1 aliphatic heterocycles. The van der Waals surface area contributed by atoms with Gasteiger partial charge in [0.2, 0.25) is 0 Å². The van der Waals surface area contributed by atoms with E-state index in [9.17, 15) is 8.78 Å². The minimum absolute atomic E-state index is 0.00921. The fourth-order valence-corrected chi connectivity index (χ4v) is 1.40. The summed E-state index contributed by atoms with van der Waals surface area (Å²) in [5.41, 5.74) is 0. The first kappa shape index (κ1) is 9.20. The minimum atomic E-state index is -2.45. The van der Waals surface area contributed by atoms with Gasteiger partial charge in [-0.1, -0.05) is 0 Å². The van der Waals surface area contributed by atoms with E-state index in [2.05, 4.69) is 0 Å². The van der Waals surface area contributed by atoms with Crippen LogP contribution in [0.5, 0.6) is 0 Å². The average Bonchev–Trinajstić information content (AvgIpc) is 2.26. The molecule has 66 valence electrons. The fraction of sp³-hybridized carbons (Fsp3) is 1.00. The Hall–Kier alpha value is 0.110. The van der Waals surface area contributed by atoms with Crippen molar-refractivity contribution in [2.24, 2.45) is 0 Å². The number of nitrogens with zero attached hydrogens (tertiary/aromatic N) is 1. The zero-order valence-corrected chi connectivity index (χ0v) is 7.08. The summed E-state index contributed by atoms with van der Waals surface area (Å²) in [6, 6.07) is 0. The van der Waals surface area contributed by atoms with E-state index in [1.807, 2.05) is 0 Å². The Balaban J connectivity index is 2.20. The summed E-state index contributed by atoms with van der Waals surface area (Å²) in [5.74, 6) is -1.89. The number of alkyl halides is 3. The van der Waals surface area contributed by atoms with E-state index in [1.165, 1.54) is 0 Å². The van der Waals surface area contributed by atoms with Crippen LogP contribution in [-0.2, 0) is 0 Å². The molecule has 11 heavy (non-hydrogen) atoms. The molecule has 1 rings (SSSR count). The van der Waals surface area contributed by atoms with Gasteiger partial charge in [0.25, 0.3) is 5.92 Å².